The van der Waals surface area contributed by atoms with Crippen molar-refractivity contribution in [3.63, 3.8) is 0 Å². The van der Waals surface area contributed by atoms with E-state index in [-0.39, 0.29) is 5.82 Å². The van der Waals surface area contributed by atoms with E-state index in [1.807, 2.05) is 30.3 Å². The van der Waals surface area contributed by atoms with Crippen molar-refractivity contribution in [2.45, 2.75) is 0 Å². The lowest BCUT2D eigenvalue weighted by Crippen LogP contribution is -1.96. The number of rotatable bonds is 3. The number of benzene rings is 2. The second-order valence-electron chi connectivity index (χ2n) is 4.43. The molecule has 104 valence electrons. The third kappa shape index (κ3) is 2.52. The number of carbonyl (C=O) groups excluding carboxylic acids is 1. The molecular formula is C16H10BrFN2O. The first-order valence-electron chi connectivity index (χ1n) is 6.26. The lowest BCUT2D eigenvalue weighted by atomic mass is 10.1. The van der Waals surface area contributed by atoms with Crippen LogP contribution in [0.4, 0.5) is 4.39 Å². The summed E-state index contributed by atoms with van der Waals surface area (Å²) in [5.41, 5.74) is 2.47. The zero-order chi connectivity index (χ0) is 14.8. The van der Waals surface area contributed by atoms with Crippen molar-refractivity contribution in [1.82, 2.24) is 9.78 Å². The minimum atomic E-state index is -0.326. The highest BCUT2D eigenvalue weighted by Crippen LogP contribution is 2.29. The summed E-state index contributed by atoms with van der Waals surface area (Å²) in [5, 5.41) is 4.47. The highest BCUT2D eigenvalue weighted by molar-refractivity contribution is 9.10. The van der Waals surface area contributed by atoms with Gasteiger partial charge in [0.1, 0.15) is 16.1 Å². The highest BCUT2D eigenvalue weighted by atomic mass is 79.9. The predicted molar refractivity (Wildman–Crippen MR) is 82.0 cm³/mol. The molecule has 0 bridgehead atoms. The van der Waals surface area contributed by atoms with Gasteiger partial charge in [0.2, 0.25) is 0 Å². The third-order valence-electron chi connectivity index (χ3n) is 3.10. The van der Waals surface area contributed by atoms with Crippen LogP contribution in [0.25, 0.3) is 16.9 Å². The van der Waals surface area contributed by atoms with Crippen LogP contribution in [0.3, 0.4) is 0 Å². The van der Waals surface area contributed by atoms with Crippen LogP contribution in [0.5, 0.6) is 0 Å². The Hall–Kier alpha value is -2.27. The molecule has 0 amide bonds. The first-order valence-corrected chi connectivity index (χ1v) is 7.05. The molecule has 5 heteroatoms. The molecular weight excluding hydrogens is 335 g/mol. The summed E-state index contributed by atoms with van der Waals surface area (Å²) in [6.45, 7) is 0. The summed E-state index contributed by atoms with van der Waals surface area (Å²) in [6.07, 6.45) is 0.745. The molecule has 3 aromatic rings. The van der Waals surface area contributed by atoms with Gasteiger partial charge in [-0.25, -0.2) is 9.07 Å². The molecule has 21 heavy (non-hydrogen) atoms. The van der Waals surface area contributed by atoms with Gasteiger partial charge < -0.3 is 0 Å². The van der Waals surface area contributed by atoms with Crippen molar-refractivity contribution in [3.8, 4) is 16.9 Å². The third-order valence-corrected chi connectivity index (χ3v) is 3.86. The van der Waals surface area contributed by atoms with Gasteiger partial charge in [0.15, 0.2) is 6.29 Å². The van der Waals surface area contributed by atoms with Crippen LogP contribution in [0.1, 0.15) is 10.4 Å². The smallest absolute Gasteiger partial charge is 0.155 e. The molecule has 0 aliphatic carbocycles. The summed E-state index contributed by atoms with van der Waals surface area (Å²) < 4.78 is 15.2. The zero-order valence-electron chi connectivity index (χ0n) is 10.8. The molecule has 1 heterocycles. The summed E-state index contributed by atoms with van der Waals surface area (Å²) in [5.74, 6) is -0.326. The fraction of sp³-hybridized carbons (Fsp3) is 0. The topological polar surface area (TPSA) is 34.9 Å². The Bertz CT molecular complexity index is 782. The number of hydrogen-bond acceptors (Lipinski definition) is 2. The lowest BCUT2D eigenvalue weighted by molar-refractivity contribution is 0.112. The van der Waals surface area contributed by atoms with E-state index in [9.17, 15) is 9.18 Å². The Morgan fingerprint density at radius 2 is 1.71 bits per heavy atom. The molecule has 3 rings (SSSR count). The maximum absolute atomic E-state index is 13.0. The number of hydrogen-bond donors (Lipinski definition) is 0. The predicted octanol–water partition coefficient (Wildman–Crippen LogP) is 4.25. The summed E-state index contributed by atoms with van der Waals surface area (Å²) in [7, 11) is 0. The van der Waals surface area contributed by atoms with E-state index < -0.39 is 0 Å². The molecule has 1 aromatic heterocycles. The van der Waals surface area contributed by atoms with Crippen LogP contribution in [0.15, 0.2) is 59.2 Å². The van der Waals surface area contributed by atoms with Crippen molar-refractivity contribution < 1.29 is 9.18 Å². The molecule has 0 spiro atoms. The van der Waals surface area contributed by atoms with E-state index in [0.717, 1.165) is 12.0 Å². The molecule has 0 saturated carbocycles. The first kappa shape index (κ1) is 13.7. The Labute approximate surface area is 129 Å². The minimum Gasteiger partial charge on any atom is -0.298 e. The van der Waals surface area contributed by atoms with E-state index >= 15 is 0 Å². The van der Waals surface area contributed by atoms with Crippen LogP contribution in [0, 0.1) is 5.82 Å². The monoisotopic (exact) mass is 344 g/mol. The molecule has 0 radical (unpaired) electrons. The van der Waals surface area contributed by atoms with E-state index in [2.05, 4.69) is 21.0 Å². The maximum Gasteiger partial charge on any atom is 0.155 e. The molecule has 0 saturated heterocycles. The molecule has 3 nitrogen and oxygen atoms in total. The second kappa shape index (κ2) is 5.61. The number of aromatic nitrogens is 2. The van der Waals surface area contributed by atoms with Crippen LogP contribution in [-0.2, 0) is 0 Å². The quantitative estimate of drug-likeness (QED) is 0.665. The van der Waals surface area contributed by atoms with Crippen LogP contribution in [-0.4, -0.2) is 16.1 Å². The van der Waals surface area contributed by atoms with Gasteiger partial charge in [-0.05, 0) is 52.3 Å². The molecule has 0 aliphatic rings. The zero-order valence-corrected chi connectivity index (χ0v) is 12.4. The van der Waals surface area contributed by atoms with E-state index in [4.69, 9.17) is 0 Å². The van der Waals surface area contributed by atoms with Gasteiger partial charge in [0.05, 0.1) is 11.3 Å². The highest BCUT2D eigenvalue weighted by Gasteiger charge is 2.17. The largest absolute Gasteiger partial charge is 0.298 e. The van der Waals surface area contributed by atoms with Gasteiger partial charge in [-0.15, -0.1) is 0 Å². The lowest BCUT2D eigenvalue weighted by Gasteiger charge is -2.02. The fourth-order valence-corrected chi connectivity index (χ4v) is 2.64. The van der Waals surface area contributed by atoms with E-state index in [0.29, 0.717) is 21.4 Å². The first-order chi connectivity index (χ1) is 10.2. The van der Waals surface area contributed by atoms with Crippen molar-refractivity contribution in [1.29, 1.82) is 0 Å². The van der Waals surface area contributed by atoms with Gasteiger partial charge >= 0.3 is 0 Å². The van der Waals surface area contributed by atoms with Crippen molar-refractivity contribution >= 4 is 22.2 Å². The van der Waals surface area contributed by atoms with Crippen LogP contribution in [0.2, 0.25) is 0 Å². The average molecular weight is 345 g/mol. The van der Waals surface area contributed by atoms with Gasteiger partial charge in [0.25, 0.3) is 0 Å². The number of nitrogens with zero attached hydrogens (tertiary/aromatic N) is 2. The molecule has 0 N–H and O–H groups in total. The van der Waals surface area contributed by atoms with Gasteiger partial charge in [0, 0.05) is 5.56 Å². The molecule has 0 aliphatic heterocycles. The van der Waals surface area contributed by atoms with Gasteiger partial charge in [-0.1, -0.05) is 18.2 Å². The number of para-hydroxylation sites is 1. The Morgan fingerprint density at radius 1 is 1.05 bits per heavy atom. The summed E-state index contributed by atoms with van der Waals surface area (Å²) in [6, 6.07) is 15.4. The minimum absolute atomic E-state index is 0.326. The summed E-state index contributed by atoms with van der Waals surface area (Å²) >= 11 is 3.41. The van der Waals surface area contributed by atoms with Gasteiger partial charge in [-0.2, -0.15) is 5.10 Å². The number of aldehydes is 1. The van der Waals surface area contributed by atoms with E-state index in [1.165, 1.54) is 12.1 Å². The molecule has 0 fully saturated rings. The molecule has 0 atom stereocenters. The average Bonchev–Trinajstić information content (AvgIpc) is 2.85. The SMILES string of the molecule is O=Cc1c(-c2ccc(F)cc2)nn(-c2ccccc2)c1Br. The van der Waals surface area contributed by atoms with E-state index in [1.54, 1.807) is 16.8 Å². The normalized spacial score (nSPS) is 10.6. The molecule has 0 unspecified atom stereocenters. The van der Waals surface area contributed by atoms with Crippen LogP contribution >= 0.6 is 15.9 Å². The second-order valence-corrected chi connectivity index (χ2v) is 5.18. The maximum atomic E-state index is 13.0. The number of halogens is 2. The molecule has 2 aromatic carbocycles. The standard InChI is InChI=1S/C16H10BrFN2O/c17-16-14(10-21)15(11-6-8-12(18)9-7-11)19-20(16)13-4-2-1-3-5-13/h1-10H. The Balaban J connectivity index is 2.18. The van der Waals surface area contributed by atoms with Crippen molar-refractivity contribution in [3.05, 3.63) is 70.6 Å². The Morgan fingerprint density at radius 3 is 2.33 bits per heavy atom. The van der Waals surface area contributed by atoms with Crippen molar-refractivity contribution in [2.75, 3.05) is 0 Å². The summed E-state index contributed by atoms with van der Waals surface area (Å²) in [4.78, 5) is 11.4. The number of carbonyl (C=O) groups is 1. The van der Waals surface area contributed by atoms with Gasteiger partial charge in [-0.3, -0.25) is 4.79 Å². The van der Waals surface area contributed by atoms with Crippen molar-refractivity contribution in [2.24, 2.45) is 0 Å². The fourth-order valence-electron chi connectivity index (χ4n) is 2.08. The van der Waals surface area contributed by atoms with Crippen LogP contribution < -0.4 is 0 Å². The Kier molecular flexibility index (Phi) is 3.66.